The lowest BCUT2D eigenvalue weighted by Gasteiger charge is -2.12. The van der Waals surface area contributed by atoms with Gasteiger partial charge in [-0.2, -0.15) is 18.3 Å². The molecule has 136 valence electrons. The lowest BCUT2D eigenvalue weighted by Crippen LogP contribution is -2.13. The number of pyridine rings is 1. The number of hydrogen-bond acceptors (Lipinski definition) is 3. The average Bonchev–Trinajstić information content (AvgIpc) is 3.07. The maximum Gasteiger partial charge on any atom is 0.433 e. The van der Waals surface area contributed by atoms with Gasteiger partial charge in [0.1, 0.15) is 0 Å². The highest BCUT2D eigenvalue weighted by molar-refractivity contribution is 6.42. The van der Waals surface area contributed by atoms with Crippen molar-refractivity contribution >= 4 is 28.8 Å². The fraction of sp³-hybridized carbons (Fsp3) is 0.0556. The summed E-state index contributed by atoms with van der Waals surface area (Å²) in [5.41, 5.74) is 0.797. The molecule has 27 heavy (non-hydrogen) atoms. The summed E-state index contributed by atoms with van der Waals surface area (Å²) >= 11 is 11.9. The van der Waals surface area contributed by atoms with Gasteiger partial charge in [-0.1, -0.05) is 29.3 Å². The van der Waals surface area contributed by atoms with E-state index in [1.54, 1.807) is 30.6 Å². The quantitative estimate of drug-likeness (QED) is 0.421. The second-order valence-electron chi connectivity index (χ2n) is 5.68. The maximum absolute atomic E-state index is 13.6. The van der Waals surface area contributed by atoms with Crippen LogP contribution in [0.5, 0.6) is 0 Å². The Hall–Kier alpha value is -2.64. The molecule has 0 bridgehead atoms. The summed E-state index contributed by atoms with van der Waals surface area (Å²) in [7, 11) is 0. The Morgan fingerprint density at radius 1 is 0.889 bits per heavy atom. The van der Waals surface area contributed by atoms with Crippen molar-refractivity contribution in [3.8, 4) is 22.4 Å². The summed E-state index contributed by atoms with van der Waals surface area (Å²) in [6, 6.07) is 8.85. The monoisotopic (exact) mass is 408 g/mol. The summed E-state index contributed by atoms with van der Waals surface area (Å²) in [4.78, 5) is 8.33. The van der Waals surface area contributed by atoms with Crippen LogP contribution in [0.4, 0.5) is 13.2 Å². The van der Waals surface area contributed by atoms with E-state index in [9.17, 15) is 13.2 Å². The van der Waals surface area contributed by atoms with E-state index in [1.807, 2.05) is 0 Å². The number of benzene rings is 1. The number of nitrogens with zero attached hydrogens (tertiary/aromatic N) is 4. The number of rotatable bonds is 2. The van der Waals surface area contributed by atoms with Crippen LogP contribution in [0, 0.1) is 0 Å². The molecule has 0 radical (unpaired) electrons. The Balaban J connectivity index is 2.01. The van der Waals surface area contributed by atoms with Crippen LogP contribution in [0.3, 0.4) is 0 Å². The van der Waals surface area contributed by atoms with E-state index < -0.39 is 11.9 Å². The van der Waals surface area contributed by atoms with E-state index in [2.05, 4.69) is 15.1 Å². The Bertz CT molecular complexity index is 1140. The molecule has 0 amide bonds. The van der Waals surface area contributed by atoms with Crippen LogP contribution in [0.1, 0.15) is 5.69 Å². The summed E-state index contributed by atoms with van der Waals surface area (Å²) in [6.07, 6.45) is -0.169. The highest BCUT2D eigenvalue weighted by atomic mass is 35.5. The number of aromatic nitrogens is 4. The van der Waals surface area contributed by atoms with Crippen LogP contribution in [0.25, 0.3) is 28.0 Å². The molecule has 3 aromatic heterocycles. The third-order valence-corrected chi connectivity index (χ3v) is 4.71. The fourth-order valence-electron chi connectivity index (χ4n) is 2.70. The molecule has 0 spiro atoms. The molecule has 0 fully saturated rings. The maximum atomic E-state index is 13.6. The highest BCUT2D eigenvalue weighted by Gasteiger charge is 2.35. The van der Waals surface area contributed by atoms with Gasteiger partial charge in [0.05, 0.1) is 21.9 Å². The smallest absolute Gasteiger partial charge is 0.265 e. The van der Waals surface area contributed by atoms with Crippen LogP contribution in [-0.4, -0.2) is 19.6 Å². The lowest BCUT2D eigenvalue weighted by molar-refractivity contribution is -0.142. The molecule has 0 aliphatic rings. The van der Waals surface area contributed by atoms with Crippen molar-refractivity contribution < 1.29 is 13.2 Å². The standard InChI is InChI=1S/C18H9Cl2F3N4/c19-13-2-1-11(7-14(13)20)15-8-16(18(21,22)23)27-17(26-15)12(9-25-27)10-3-5-24-6-4-10/h1-9H. The number of fused-ring (bicyclic) bond motifs is 1. The van der Waals surface area contributed by atoms with Crippen molar-refractivity contribution in [2.75, 3.05) is 0 Å². The van der Waals surface area contributed by atoms with Gasteiger partial charge in [0, 0.05) is 23.5 Å². The number of alkyl halides is 3. The Kier molecular flexibility index (Phi) is 4.28. The molecule has 0 atom stereocenters. The molecule has 3 heterocycles. The molecule has 1 aromatic carbocycles. The van der Waals surface area contributed by atoms with Crippen LogP contribution in [0.2, 0.25) is 10.0 Å². The number of hydrogen-bond donors (Lipinski definition) is 0. The van der Waals surface area contributed by atoms with Gasteiger partial charge in [-0.15, -0.1) is 0 Å². The first-order valence-corrected chi connectivity index (χ1v) is 8.42. The van der Waals surface area contributed by atoms with Gasteiger partial charge in [0.2, 0.25) is 0 Å². The van der Waals surface area contributed by atoms with E-state index in [1.165, 1.54) is 18.3 Å². The summed E-state index contributed by atoms with van der Waals surface area (Å²) < 4.78 is 41.7. The second-order valence-corrected chi connectivity index (χ2v) is 6.50. The van der Waals surface area contributed by atoms with E-state index >= 15 is 0 Å². The van der Waals surface area contributed by atoms with Crippen molar-refractivity contribution in [2.24, 2.45) is 0 Å². The van der Waals surface area contributed by atoms with Gasteiger partial charge in [-0.05, 0) is 35.9 Å². The van der Waals surface area contributed by atoms with E-state index in [0.717, 1.165) is 10.6 Å². The zero-order valence-corrected chi connectivity index (χ0v) is 14.9. The van der Waals surface area contributed by atoms with Gasteiger partial charge < -0.3 is 0 Å². The molecular weight excluding hydrogens is 400 g/mol. The molecule has 9 heteroatoms. The SMILES string of the molecule is FC(F)(F)c1cc(-c2ccc(Cl)c(Cl)c2)nc2c(-c3ccncc3)cnn12. The van der Waals surface area contributed by atoms with Gasteiger partial charge in [0.25, 0.3) is 0 Å². The third kappa shape index (κ3) is 3.24. The molecule has 4 nitrogen and oxygen atoms in total. The Morgan fingerprint density at radius 2 is 1.63 bits per heavy atom. The molecule has 0 saturated heterocycles. The van der Waals surface area contributed by atoms with Crippen LogP contribution < -0.4 is 0 Å². The molecule has 0 N–H and O–H groups in total. The minimum atomic E-state index is -4.62. The summed E-state index contributed by atoms with van der Waals surface area (Å²) in [5, 5.41) is 4.43. The molecule has 0 unspecified atom stereocenters. The first-order chi connectivity index (χ1) is 12.8. The van der Waals surface area contributed by atoms with Crippen molar-refractivity contribution in [2.45, 2.75) is 6.18 Å². The van der Waals surface area contributed by atoms with Crippen molar-refractivity contribution in [1.82, 2.24) is 19.6 Å². The lowest BCUT2D eigenvalue weighted by atomic mass is 10.1. The molecule has 0 saturated carbocycles. The van der Waals surface area contributed by atoms with Crippen molar-refractivity contribution in [3.63, 3.8) is 0 Å². The van der Waals surface area contributed by atoms with Crippen LogP contribution in [0.15, 0.2) is 55.0 Å². The van der Waals surface area contributed by atoms with Crippen LogP contribution >= 0.6 is 23.2 Å². The molecule has 4 rings (SSSR count). The topological polar surface area (TPSA) is 43.1 Å². The Morgan fingerprint density at radius 3 is 2.30 bits per heavy atom. The first-order valence-electron chi connectivity index (χ1n) is 7.66. The summed E-state index contributed by atoms with van der Waals surface area (Å²) in [6.45, 7) is 0. The fourth-order valence-corrected chi connectivity index (χ4v) is 3.00. The van der Waals surface area contributed by atoms with Crippen LogP contribution in [-0.2, 0) is 6.18 Å². The van der Waals surface area contributed by atoms with E-state index in [0.29, 0.717) is 21.7 Å². The normalized spacial score (nSPS) is 11.9. The third-order valence-electron chi connectivity index (χ3n) is 3.97. The van der Waals surface area contributed by atoms with E-state index in [-0.39, 0.29) is 16.4 Å². The molecule has 0 aliphatic heterocycles. The van der Waals surface area contributed by atoms with Crippen molar-refractivity contribution in [3.05, 3.63) is 70.7 Å². The molecule has 4 aromatic rings. The van der Waals surface area contributed by atoms with Gasteiger partial charge in [-0.25, -0.2) is 9.50 Å². The largest absolute Gasteiger partial charge is 0.433 e. The van der Waals surface area contributed by atoms with Gasteiger partial charge in [0.15, 0.2) is 11.3 Å². The minimum Gasteiger partial charge on any atom is -0.265 e. The average molecular weight is 409 g/mol. The highest BCUT2D eigenvalue weighted by Crippen LogP contribution is 2.35. The summed E-state index contributed by atoms with van der Waals surface area (Å²) in [5.74, 6) is 0. The van der Waals surface area contributed by atoms with Gasteiger partial charge >= 0.3 is 6.18 Å². The predicted octanol–water partition coefficient (Wildman–Crippen LogP) is 5.78. The predicted molar refractivity (Wildman–Crippen MR) is 96.7 cm³/mol. The Labute approximate surface area is 161 Å². The van der Waals surface area contributed by atoms with Crippen molar-refractivity contribution in [1.29, 1.82) is 0 Å². The molecular formula is C18H9Cl2F3N4. The second kappa shape index (κ2) is 6.51. The first kappa shape index (κ1) is 17.8. The number of halogens is 5. The van der Waals surface area contributed by atoms with Gasteiger partial charge in [-0.3, -0.25) is 4.98 Å². The zero-order chi connectivity index (χ0) is 19.2. The van der Waals surface area contributed by atoms with E-state index in [4.69, 9.17) is 23.2 Å². The minimum absolute atomic E-state index is 0.0806. The molecule has 0 aliphatic carbocycles. The zero-order valence-electron chi connectivity index (χ0n) is 13.4.